The maximum Gasteiger partial charge on any atom is 0.416 e. The highest BCUT2D eigenvalue weighted by Crippen LogP contribution is 2.53. The number of nitrogens with one attached hydrogen (secondary N) is 1. The number of ether oxygens (including phenoxy) is 2. The molecule has 2 aliphatic heterocycles. The second-order valence-corrected chi connectivity index (χ2v) is 9.82. The number of benzene rings is 3. The third-order valence-corrected chi connectivity index (χ3v) is 7.68. The van der Waals surface area contributed by atoms with E-state index in [1.54, 1.807) is 0 Å². The minimum absolute atomic E-state index is 0.0226. The molecule has 7 nitrogen and oxygen atoms in total. The smallest absolute Gasteiger partial charge is 0.416 e. The van der Waals surface area contributed by atoms with Gasteiger partial charge in [-0.25, -0.2) is 4.90 Å². The Hall–Kier alpha value is -4.39. The van der Waals surface area contributed by atoms with Gasteiger partial charge in [-0.1, -0.05) is 24.3 Å². The van der Waals surface area contributed by atoms with E-state index in [1.165, 1.54) is 31.4 Å². The van der Waals surface area contributed by atoms with Crippen molar-refractivity contribution in [2.75, 3.05) is 19.1 Å². The highest BCUT2D eigenvalue weighted by Gasteiger charge is 2.68. The molecule has 2 heterocycles. The van der Waals surface area contributed by atoms with Gasteiger partial charge >= 0.3 is 18.3 Å². The van der Waals surface area contributed by atoms with E-state index in [0.717, 1.165) is 60.5 Å². The van der Waals surface area contributed by atoms with Gasteiger partial charge in [0.15, 0.2) is 0 Å². The molecule has 0 saturated carbocycles. The molecular weight excluding hydrogens is 570 g/mol. The van der Waals surface area contributed by atoms with Gasteiger partial charge in [-0.15, -0.1) is 0 Å². The van der Waals surface area contributed by atoms with Crippen LogP contribution in [0.4, 0.5) is 32.0 Å². The molecule has 42 heavy (non-hydrogen) atoms. The number of carbonyl (C=O) groups is 3. The fourth-order valence-electron chi connectivity index (χ4n) is 5.76. The monoisotopic (exact) mass is 592 g/mol. The van der Waals surface area contributed by atoms with Crippen LogP contribution in [0.5, 0.6) is 5.75 Å². The molecule has 2 aliphatic rings. The first-order valence-corrected chi connectivity index (χ1v) is 12.5. The fraction of sp³-hybridized carbons (Fsp3) is 0.276. The SMILES string of the molecule is COC(=O)[C@@H]1NC(c2ccc(C(F)(F)F)cc2)(c2ccc(C(F)(F)F)cc2)[C@@H]2C(=O)N(c3ccc(OC)cc3)C(=O)[C@@H]21. The van der Waals surface area contributed by atoms with E-state index < -0.39 is 64.7 Å². The molecule has 2 amide bonds. The lowest BCUT2D eigenvalue weighted by Crippen LogP contribution is -2.52. The zero-order valence-electron chi connectivity index (χ0n) is 21.9. The minimum atomic E-state index is -4.70. The number of rotatable bonds is 5. The first-order valence-electron chi connectivity index (χ1n) is 12.5. The van der Waals surface area contributed by atoms with Gasteiger partial charge in [0.05, 0.1) is 48.4 Å². The van der Waals surface area contributed by atoms with E-state index in [-0.39, 0.29) is 16.8 Å². The van der Waals surface area contributed by atoms with E-state index in [1.807, 2.05) is 0 Å². The van der Waals surface area contributed by atoms with Crippen molar-refractivity contribution in [2.24, 2.45) is 11.8 Å². The maximum absolute atomic E-state index is 14.1. The topological polar surface area (TPSA) is 84.9 Å². The summed E-state index contributed by atoms with van der Waals surface area (Å²) < 4.78 is 90.5. The van der Waals surface area contributed by atoms with Crippen molar-refractivity contribution in [1.29, 1.82) is 0 Å². The predicted molar refractivity (Wildman–Crippen MR) is 135 cm³/mol. The molecule has 3 atom stereocenters. The quantitative estimate of drug-likeness (QED) is 0.257. The molecule has 2 fully saturated rings. The summed E-state index contributed by atoms with van der Waals surface area (Å²) in [5.41, 5.74) is -3.74. The third-order valence-electron chi connectivity index (χ3n) is 7.68. The average molecular weight is 592 g/mol. The Morgan fingerprint density at radius 2 is 1.24 bits per heavy atom. The summed E-state index contributed by atoms with van der Waals surface area (Å²) in [6, 6.07) is 11.7. The van der Waals surface area contributed by atoms with Crippen LogP contribution in [0.3, 0.4) is 0 Å². The molecule has 5 rings (SSSR count). The number of methoxy groups -OCH3 is 2. The molecule has 220 valence electrons. The summed E-state index contributed by atoms with van der Waals surface area (Å²) in [6.07, 6.45) is -9.41. The molecule has 0 unspecified atom stereocenters. The van der Waals surface area contributed by atoms with Gasteiger partial charge in [0, 0.05) is 0 Å². The number of hydrogen-bond donors (Lipinski definition) is 1. The number of nitrogens with zero attached hydrogens (tertiary/aromatic N) is 1. The van der Waals surface area contributed by atoms with Crippen molar-refractivity contribution in [3.05, 3.63) is 95.1 Å². The first-order chi connectivity index (χ1) is 19.7. The van der Waals surface area contributed by atoms with Crippen molar-refractivity contribution in [3.63, 3.8) is 0 Å². The van der Waals surface area contributed by atoms with Crippen molar-refractivity contribution < 1.29 is 50.2 Å². The van der Waals surface area contributed by atoms with E-state index in [4.69, 9.17) is 9.47 Å². The summed E-state index contributed by atoms with van der Waals surface area (Å²) in [5.74, 6) is -4.98. The van der Waals surface area contributed by atoms with Gasteiger partial charge in [0.25, 0.3) is 0 Å². The van der Waals surface area contributed by atoms with E-state index >= 15 is 0 Å². The van der Waals surface area contributed by atoms with Crippen molar-refractivity contribution in [2.45, 2.75) is 23.9 Å². The summed E-state index contributed by atoms with van der Waals surface area (Å²) >= 11 is 0. The maximum atomic E-state index is 14.1. The summed E-state index contributed by atoms with van der Waals surface area (Å²) in [4.78, 5) is 41.8. The number of esters is 1. The Morgan fingerprint density at radius 1 is 0.762 bits per heavy atom. The Morgan fingerprint density at radius 3 is 1.64 bits per heavy atom. The number of halogens is 6. The number of amides is 2. The highest BCUT2D eigenvalue weighted by atomic mass is 19.4. The number of hydrogen-bond acceptors (Lipinski definition) is 6. The van der Waals surface area contributed by atoms with Crippen molar-refractivity contribution >= 4 is 23.5 Å². The van der Waals surface area contributed by atoms with Gasteiger partial charge in [-0.05, 0) is 59.7 Å². The van der Waals surface area contributed by atoms with E-state index in [0.29, 0.717) is 5.75 Å². The molecule has 13 heteroatoms. The average Bonchev–Trinajstić information content (AvgIpc) is 3.46. The zero-order valence-corrected chi connectivity index (χ0v) is 21.9. The second-order valence-electron chi connectivity index (χ2n) is 9.82. The standard InChI is InChI=1S/C29H22F6N2O5/c1-41-20-13-11-19(12-14-20)37-24(38)21-22(25(37)39)27(36-23(21)26(40)42-2,15-3-7-17(8-4-15)28(30,31)32)16-5-9-18(10-6-16)29(33,34)35/h3-14,21-23,36H,1-2H3/t21-,22-,23+/m0/s1. The highest BCUT2D eigenvalue weighted by molar-refractivity contribution is 6.24. The summed E-state index contributed by atoms with van der Waals surface area (Å²) in [5, 5.41) is 2.93. The molecule has 0 spiro atoms. The van der Waals surface area contributed by atoms with Gasteiger partial charge in [-0.3, -0.25) is 19.7 Å². The number of anilines is 1. The van der Waals surface area contributed by atoms with Crippen LogP contribution in [-0.2, 0) is 37.0 Å². The normalized spacial score (nSPS) is 21.8. The first kappa shape index (κ1) is 29.1. The molecule has 0 aliphatic carbocycles. The molecule has 0 aromatic heterocycles. The number of imide groups is 1. The predicted octanol–water partition coefficient (Wildman–Crippen LogP) is 4.93. The van der Waals surface area contributed by atoms with Gasteiger partial charge in [0.1, 0.15) is 11.8 Å². The molecule has 3 aromatic carbocycles. The summed E-state index contributed by atoms with van der Waals surface area (Å²) in [7, 11) is 2.47. The van der Waals surface area contributed by atoms with Crippen LogP contribution in [0.25, 0.3) is 0 Å². The molecule has 1 N–H and O–H groups in total. The van der Waals surface area contributed by atoms with Gasteiger partial charge < -0.3 is 9.47 Å². The Balaban J connectivity index is 1.74. The van der Waals surface area contributed by atoms with Crippen LogP contribution >= 0.6 is 0 Å². The van der Waals surface area contributed by atoms with Crippen LogP contribution in [0.2, 0.25) is 0 Å². The molecular formula is C29H22F6N2O5. The molecule has 3 aromatic rings. The van der Waals surface area contributed by atoms with Gasteiger partial charge in [-0.2, -0.15) is 26.3 Å². The third kappa shape index (κ3) is 4.57. The van der Waals surface area contributed by atoms with Crippen LogP contribution in [0.15, 0.2) is 72.8 Å². The number of carbonyl (C=O) groups excluding carboxylic acids is 3. The van der Waals surface area contributed by atoms with Crippen LogP contribution < -0.4 is 15.0 Å². The Bertz CT molecular complexity index is 1460. The zero-order chi connectivity index (χ0) is 30.6. The van der Waals surface area contributed by atoms with Crippen molar-refractivity contribution in [3.8, 4) is 5.75 Å². The molecule has 0 bridgehead atoms. The lowest BCUT2D eigenvalue weighted by atomic mass is 9.71. The number of alkyl halides is 6. The van der Waals surface area contributed by atoms with Crippen LogP contribution in [0.1, 0.15) is 22.3 Å². The number of fused-ring (bicyclic) bond motifs is 1. The second kappa shape index (κ2) is 10.2. The summed E-state index contributed by atoms with van der Waals surface area (Å²) in [6.45, 7) is 0. The van der Waals surface area contributed by atoms with E-state index in [9.17, 15) is 40.7 Å². The van der Waals surface area contributed by atoms with Crippen LogP contribution in [0, 0.1) is 11.8 Å². The van der Waals surface area contributed by atoms with E-state index in [2.05, 4.69) is 5.32 Å². The van der Waals surface area contributed by atoms with Crippen molar-refractivity contribution in [1.82, 2.24) is 5.32 Å². The molecule has 2 saturated heterocycles. The minimum Gasteiger partial charge on any atom is -0.497 e. The molecule has 0 radical (unpaired) electrons. The van der Waals surface area contributed by atoms with Gasteiger partial charge in [0.2, 0.25) is 11.8 Å². The fourth-order valence-corrected chi connectivity index (χ4v) is 5.76. The van der Waals surface area contributed by atoms with Crippen LogP contribution in [-0.4, -0.2) is 38.0 Å². The lowest BCUT2D eigenvalue weighted by Gasteiger charge is -2.36. The largest absolute Gasteiger partial charge is 0.497 e. The Kier molecular flexibility index (Phi) is 7.04. The lowest BCUT2D eigenvalue weighted by molar-refractivity contribution is -0.145. The Labute approximate surface area is 235 Å².